The molecule has 0 unspecified atom stereocenters. The van der Waals surface area contributed by atoms with Crippen molar-refractivity contribution in [3.8, 4) is 17.2 Å². The summed E-state index contributed by atoms with van der Waals surface area (Å²) in [5, 5.41) is 9.34. The van der Waals surface area contributed by atoms with Gasteiger partial charge in [-0.05, 0) is 37.6 Å². The summed E-state index contributed by atoms with van der Waals surface area (Å²) < 4.78 is 5.37. The van der Waals surface area contributed by atoms with Crippen LogP contribution < -0.4 is 0 Å². The molecule has 0 saturated heterocycles. The summed E-state index contributed by atoms with van der Waals surface area (Å²) in [6.07, 6.45) is 1.68. The predicted molar refractivity (Wildman–Crippen MR) is 53.1 cm³/mol. The van der Waals surface area contributed by atoms with E-state index in [0.29, 0.717) is 5.89 Å². The minimum Gasteiger partial charge on any atom is -0.508 e. The second-order valence-corrected chi connectivity index (χ2v) is 3.28. The normalized spacial score (nSPS) is 10.4. The molecule has 3 heteroatoms. The Labute approximate surface area is 82.0 Å². The summed E-state index contributed by atoms with van der Waals surface area (Å²) in [6.45, 7) is 3.69. The van der Waals surface area contributed by atoms with E-state index in [1.165, 1.54) is 0 Å². The van der Waals surface area contributed by atoms with Gasteiger partial charge in [0.05, 0.1) is 6.20 Å². The largest absolute Gasteiger partial charge is 0.508 e. The van der Waals surface area contributed by atoms with Gasteiger partial charge in [0.2, 0.25) is 5.89 Å². The Balaban J connectivity index is 2.47. The van der Waals surface area contributed by atoms with E-state index in [4.69, 9.17) is 4.42 Å². The summed E-state index contributed by atoms with van der Waals surface area (Å²) in [7, 11) is 0. The van der Waals surface area contributed by atoms with Crippen molar-refractivity contribution in [1.82, 2.24) is 4.98 Å². The highest BCUT2D eigenvalue weighted by Gasteiger charge is 2.05. The van der Waals surface area contributed by atoms with Crippen LogP contribution in [0.15, 0.2) is 28.8 Å². The maximum Gasteiger partial charge on any atom is 0.226 e. The van der Waals surface area contributed by atoms with Gasteiger partial charge in [-0.2, -0.15) is 0 Å². The fraction of sp³-hybridized carbons (Fsp3) is 0.182. The molecule has 1 aromatic carbocycles. The van der Waals surface area contributed by atoms with Crippen LogP contribution in [0, 0.1) is 13.8 Å². The summed E-state index contributed by atoms with van der Waals surface area (Å²) in [6, 6.07) is 5.28. The van der Waals surface area contributed by atoms with Crippen molar-refractivity contribution in [1.29, 1.82) is 0 Å². The van der Waals surface area contributed by atoms with E-state index in [1.54, 1.807) is 18.3 Å². The standard InChI is InChI=1S/C11H11NO2/c1-7-5-9(3-4-10(7)13)11-12-6-8(2)14-11/h3-6,13H,1-2H3. The van der Waals surface area contributed by atoms with E-state index in [0.717, 1.165) is 16.9 Å². The third-order valence-electron chi connectivity index (χ3n) is 2.07. The highest BCUT2D eigenvalue weighted by molar-refractivity contribution is 5.56. The quantitative estimate of drug-likeness (QED) is 0.750. The maximum absolute atomic E-state index is 9.34. The van der Waals surface area contributed by atoms with E-state index in [9.17, 15) is 5.11 Å². The van der Waals surface area contributed by atoms with Gasteiger partial charge in [-0.25, -0.2) is 4.98 Å². The zero-order chi connectivity index (χ0) is 10.1. The number of hydrogen-bond acceptors (Lipinski definition) is 3. The van der Waals surface area contributed by atoms with Crippen molar-refractivity contribution in [2.75, 3.05) is 0 Å². The van der Waals surface area contributed by atoms with Crippen LogP contribution in [0.1, 0.15) is 11.3 Å². The molecule has 0 saturated carbocycles. The van der Waals surface area contributed by atoms with Gasteiger partial charge in [0, 0.05) is 5.56 Å². The third kappa shape index (κ3) is 1.48. The van der Waals surface area contributed by atoms with Crippen molar-refractivity contribution in [3.05, 3.63) is 35.7 Å². The minimum atomic E-state index is 0.289. The number of benzene rings is 1. The lowest BCUT2D eigenvalue weighted by molar-refractivity contribution is 0.471. The fourth-order valence-corrected chi connectivity index (χ4v) is 1.28. The Morgan fingerprint density at radius 1 is 1.29 bits per heavy atom. The summed E-state index contributed by atoms with van der Waals surface area (Å²) in [4.78, 5) is 4.11. The molecular formula is C11H11NO2. The Morgan fingerprint density at radius 3 is 2.64 bits per heavy atom. The molecule has 0 aliphatic rings. The first-order valence-electron chi connectivity index (χ1n) is 4.39. The maximum atomic E-state index is 9.34. The van der Waals surface area contributed by atoms with Crippen LogP contribution in [-0.2, 0) is 0 Å². The number of phenols is 1. The van der Waals surface area contributed by atoms with E-state index >= 15 is 0 Å². The number of phenolic OH excluding ortho intramolecular Hbond substituents is 1. The van der Waals surface area contributed by atoms with Gasteiger partial charge in [0.15, 0.2) is 0 Å². The van der Waals surface area contributed by atoms with Crippen molar-refractivity contribution >= 4 is 0 Å². The smallest absolute Gasteiger partial charge is 0.226 e. The number of aromatic hydroxyl groups is 1. The van der Waals surface area contributed by atoms with Crippen molar-refractivity contribution in [2.45, 2.75) is 13.8 Å². The van der Waals surface area contributed by atoms with E-state index < -0.39 is 0 Å². The molecule has 0 fully saturated rings. The molecule has 3 nitrogen and oxygen atoms in total. The van der Waals surface area contributed by atoms with Gasteiger partial charge in [0.1, 0.15) is 11.5 Å². The van der Waals surface area contributed by atoms with Crippen molar-refractivity contribution < 1.29 is 9.52 Å². The molecule has 1 N–H and O–H groups in total. The summed E-state index contributed by atoms with van der Waals surface area (Å²) in [5.74, 6) is 1.66. The van der Waals surface area contributed by atoms with Crippen LogP contribution in [0.4, 0.5) is 0 Å². The number of hydrogen-bond donors (Lipinski definition) is 1. The van der Waals surface area contributed by atoms with Gasteiger partial charge in [-0.1, -0.05) is 0 Å². The molecule has 1 heterocycles. The Hall–Kier alpha value is -1.77. The van der Waals surface area contributed by atoms with Crippen LogP contribution in [0.2, 0.25) is 0 Å². The van der Waals surface area contributed by atoms with E-state index in [1.807, 2.05) is 19.9 Å². The summed E-state index contributed by atoms with van der Waals surface area (Å²) in [5.41, 5.74) is 1.70. The molecule has 0 aliphatic heterocycles. The molecule has 0 aliphatic carbocycles. The van der Waals surface area contributed by atoms with Crippen LogP contribution in [0.25, 0.3) is 11.5 Å². The van der Waals surface area contributed by atoms with Gasteiger partial charge in [0.25, 0.3) is 0 Å². The first-order chi connectivity index (χ1) is 6.66. The second-order valence-electron chi connectivity index (χ2n) is 3.28. The molecule has 72 valence electrons. The molecule has 2 aromatic rings. The average Bonchev–Trinajstić information content (AvgIpc) is 2.57. The third-order valence-corrected chi connectivity index (χ3v) is 2.07. The topological polar surface area (TPSA) is 46.3 Å². The van der Waals surface area contributed by atoms with Crippen LogP contribution in [0.3, 0.4) is 0 Å². The SMILES string of the molecule is Cc1cnc(-c2ccc(O)c(C)c2)o1. The lowest BCUT2D eigenvalue weighted by atomic mass is 10.1. The molecule has 0 bridgehead atoms. The predicted octanol–water partition coefficient (Wildman–Crippen LogP) is 2.66. The van der Waals surface area contributed by atoms with Crippen LogP contribution >= 0.6 is 0 Å². The molecule has 1 aromatic heterocycles. The van der Waals surface area contributed by atoms with Gasteiger partial charge in [-0.3, -0.25) is 0 Å². The average molecular weight is 189 g/mol. The molecule has 0 atom stereocenters. The molecule has 14 heavy (non-hydrogen) atoms. The number of oxazole rings is 1. The highest BCUT2D eigenvalue weighted by atomic mass is 16.4. The number of aromatic nitrogens is 1. The fourth-order valence-electron chi connectivity index (χ4n) is 1.28. The molecule has 0 spiro atoms. The lowest BCUT2D eigenvalue weighted by Gasteiger charge is -2.00. The lowest BCUT2D eigenvalue weighted by Crippen LogP contribution is -1.79. The van der Waals surface area contributed by atoms with Crippen LogP contribution in [0.5, 0.6) is 5.75 Å². The highest BCUT2D eigenvalue weighted by Crippen LogP contribution is 2.24. The number of nitrogens with zero attached hydrogens (tertiary/aromatic N) is 1. The minimum absolute atomic E-state index is 0.289. The molecule has 2 rings (SSSR count). The van der Waals surface area contributed by atoms with Crippen LogP contribution in [-0.4, -0.2) is 10.1 Å². The molecule has 0 amide bonds. The zero-order valence-corrected chi connectivity index (χ0v) is 8.11. The van der Waals surface area contributed by atoms with Gasteiger partial charge < -0.3 is 9.52 Å². The Kier molecular flexibility index (Phi) is 2.00. The van der Waals surface area contributed by atoms with Crippen molar-refractivity contribution in [2.24, 2.45) is 0 Å². The monoisotopic (exact) mass is 189 g/mol. The van der Waals surface area contributed by atoms with Crippen molar-refractivity contribution in [3.63, 3.8) is 0 Å². The Bertz CT molecular complexity index is 460. The Morgan fingerprint density at radius 2 is 2.07 bits per heavy atom. The van der Waals surface area contributed by atoms with E-state index in [2.05, 4.69) is 4.98 Å². The first-order valence-corrected chi connectivity index (χ1v) is 4.39. The first kappa shape index (κ1) is 8.81. The number of rotatable bonds is 1. The summed E-state index contributed by atoms with van der Waals surface area (Å²) >= 11 is 0. The van der Waals surface area contributed by atoms with Gasteiger partial charge in [-0.15, -0.1) is 0 Å². The number of aryl methyl sites for hydroxylation is 2. The molecule has 0 radical (unpaired) electrons. The second kappa shape index (κ2) is 3.18. The van der Waals surface area contributed by atoms with E-state index in [-0.39, 0.29) is 5.75 Å². The van der Waals surface area contributed by atoms with Gasteiger partial charge >= 0.3 is 0 Å². The molecular weight excluding hydrogens is 178 g/mol. The zero-order valence-electron chi connectivity index (χ0n) is 8.11.